The topological polar surface area (TPSA) is 12.9 Å². The van der Waals surface area contributed by atoms with Gasteiger partial charge in [0.2, 0.25) is 0 Å². The van der Waals surface area contributed by atoms with E-state index in [1.54, 1.807) is 6.08 Å². The molecule has 0 radical (unpaired) electrons. The van der Waals surface area contributed by atoms with Gasteiger partial charge in [-0.2, -0.15) is 0 Å². The van der Waals surface area contributed by atoms with Gasteiger partial charge in [-0.05, 0) is 36.8 Å². The van der Waals surface area contributed by atoms with Gasteiger partial charge < -0.3 is 0 Å². The molecule has 2 rings (SSSR count). The van der Waals surface area contributed by atoms with Crippen molar-refractivity contribution in [3.05, 3.63) is 84.1 Å². The number of nitrogens with zero attached hydrogens (tertiary/aromatic N) is 1. The highest BCUT2D eigenvalue weighted by atomic mass is 14.7. The minimum Gasteiger partial charge on any atom is -0.248 e. The molecule has 116 valence electrons. The number of aromatic nitrogens is 1. The van der Waals surface area contributed by atoms with Crippen LogP contribution >= 0.6 is 0 Å². The van der Waals surface area contributed by atoms with Crippen molar-refractivity contribution in [1.82, 2.24) is 4.98 Å². The zero-order chi connectivity index (χ0) is 16.9. The molecule has 0 fully saturated rings. The Morgan fingerprint density at radius 2 is 1.65 bits per heavy atom. The van der Waals surface area contributed by atoms with Gasteiger partial charge in [0.25, 0.3) is 0 Å². The number of rotatable bonds is 4. The van der Waals surface area contributed by atoms with Crippen LogP contribution in [-0.4, -0.2) is 4.98 Å². The first-order valence-electron chi connectivity index (χ1n) is 7.80. The minimum absolute atomic E-state index is 0.944. The summed E-state index contributed by atoms with van der Waals surface area (Å²) in [5, 5.41) is 0. The third kappa shape index (κ3) is 6.63. The molecule has 0 aliphatic heterocycles. The van der Waals surface area contributed by atoms with Gasteiger partial charge in [-0.25, -0.2) is 4.98 Å². The molecule has 0 saturated carbocycles. The smallest absolute Gasteiger partial charge is 0.0711 e. The van der Waals surface area contributed by atoms with E-state index in [9.17, 15) is 0 Å². The number of benzene rings is 1. The van der Waals surface area contributed by atoms with E-state index in [0.717, 1.165) is 17.0 Å². The summed E-state index contributed by atoms with van der Waals surface area (Å²) in [6, 6.07) is 14.4. The molecule has 0 saturated heterocycles. The summed E-state index contributed by atoms with van der Waals surface area (Å²) in [6.45, 7) is 6.08. The summed E-state index contributed by atoms with van der Waals surface area (Å²) in [5.41, 5.74) is 4.26. The summed E-state index contributed by atoms with van der Waals surface area (Å²) >= 11 is 0. The number of pyridine rings is 1. The molecule has 0 aliphatic carbocycles. The van der Waals surface area contributed by atoms with Crippen molar-refractivity contribution in [1.29, 1.82) is 0 Å². The Balaban J connectivity index is 0.00000127. The number of aryl methyl sites for hydroxylation is 1. The van der Waals surface area contributed by atoms with Gasteiger partial charge in [0.1, 0.15) is 0 Å². The number of allylic oxidation sites excluding steroid dienone is 5. The van der Waals surface area contributed by atoms with Gasteiger partial charge in [-0.3, -0.25) is 0 Å². The van der Waals surface area contributed by atoms with Gasteiger partial charge in [-0.15, -0.1) is 6.42 Å². The fourth-order valence-electron chi connectivity index (χ4n) is 1.93. The molecule has 0 spiro atoms. The molecule has 0 unspecified atom stereocenters. The molecular formula is C22H23N. The van der Waals surface area contributed by atoms with Crippen molar-refractivity contribution in [2.75, 3.05) is 0 Å². The summed E-state index contributed by atoms with van der Waals surface area (Å²) < 4.78 is 0. The van der Waals surface area contributed by atoms with Crippen LogP contribution in [0.2, 0.25) is 0 Å². The van der Waals surface area contributed by atoms with E-state index in [1.807, 2.05) is 62.4 Å². The molecule has 23 heavy (non-hydrogen) atoms. The molecule has 1 heterocycles. The molecule has 1 heteroatoms. The largest absolute Gasteiger partial charge is 0.248 e. The second kappa shape index (κ2) is 10.8. The standard InChI is InChI=1S/C20H17N.C2H6/c1-3-4-5-6-7-11-14-19-15-17(2)16-20(21-19)18-12-9-8-10-13-18;1-2/h1,4-16H,2H3;1-2H3/b5-4-,7-6-,14-11?;. The lowest BCUT2D eigenvalue weighted by Gasteiger charge is -2.04. The fourth-order valence-corrected chi connectivity index (χ4v) is 1.93. The summed E-state index contributed by atoms with van der Waals surface area (Å²) in [6.07, 6.45) is 16.4. The van der Waals surface area contributed by atoms with Crippen LogP contribution < -0.4 is 0 Å². The molecule has 1 aromatic carbocycles. The number of hydrogen-bond donors (Lipinski definition) is 0. The molecule has 0 N–H and O–H groups in total. The second-order valence-electron chi connectivity index (χ2n) is 4.59. The summed E-state index contributed by atoms with van der Waals surface area (Å²) in [4.78, 5) is 4.67. The maximum absolute atomic E-state index is 5.12. The van der Waals surface area contributed by atoms with Crippen LogP contribution in [-0.2, 0) is 0 Å². The average Bonchev–Trinajstić information content (AvgIpc) is 2.60. The third-order valence-corrected chi connectivity index (χ3v) is 2.85. The Morgan fingerprint density at radius 1 is 0.957 bits per heavy atom. The molecule has 0 bridgehead atoms. The zero-order valence-corrected chi connectivity index (χ0v) is 14.0. The Morgan fingerprint density at radius 3 is 2.35 bits per heavy atom. The van der Waals surface area contributed by atoms with Crippen LogP contribution in [0.25, 0.3) is 17.3 Å². The van der Waals surface area contributed by atoms with Gasteiger partial charge in [-0.1, -0.05) is 74.4 Å². The molecule has 1 nitrogen and oxygen atoms in total. The monoisotopic (exact) mass is 301 g/mol. The quantitative estimate of drug-likeness (QED) is 0.510. The highest BCUT2D eigenvalue weighted by Gasteiger charge is 2.00. The van der Waals surface area contributed by atoms with E-state index in [1.165, 1.54) is 5.56 Å². The summed E-state index contributed by atoms with van der Waals surface area (Å²) in [5.74, 6) is 2.44. The molecule has 0 amide bonds. The van der Waals surface area contributed by atoms with Crippen molar-refractivity contribution in [2.24, 2.45) is 0 Å². The Hall–Kier alpha value is -2.85. The highest BCUT2D eigenvalue weighted by Crippen LogP contribution is 2.19. The maximum Gasteiger partial charge on any atom is 0.0711 e. The van der Waals surface area contributed by atoms with Crippen LogP contribution in [0, 0.1) is 19.3 Å². The lowest BCUT2D eigenvalue weighted by Crippen LogP contribution is -1.88. The molecular weight excluding hydrogens is 278 g/mol. The first-order chi connectivity index (χ1) is 11.3. The molecule has 2 aromatic rings. The predicted octanol–water partition coefficient (Wildman–Crippen LogP) is 5.84. The van der Waals surface area contributed by atoms with E-state index in [4.69, 9.17) is 6.42 Å². The predicted molar refractivity (Wildman–Crippen MR) is 102 cm³/mol. The first kappa shape index (κ1) is 18.2. The normalized spacial score (nSPS) is 10.7. The van der Waals surface area contributed by atoms with Crippen LogP contribution in [0.4, 0.5) is 0 Å². The average molecular weight is 301 g/mol. The summed E-state index contributed by atoms with van der Waals surface area (Å²) in [7, 11) is 0. The zero-order valence-electron chi connectivity index (χ0n) is 14.0. The Kier molecular flexibility index (Phi) is 8.56. The number of hydrogen-bond acceptors (Lipinski definition) is 1. The van der Waals surface area contributed by atoms with Gasteiger partial charge in [0.05, 0.1) is 11.4 Å². The van der Waals surface area contributed by atoms with Crippen LogP contribution in [0.1, 0.15) is 25.1 Å². The SMILES string of the molecule is C#C/C=C\C=C/C=Cc1cc(C)cc(-c2ccccc2)n1.CC. The van der Waals surface area contributed by atoms with E-state index in [2.05, 4.69) is 42.1 Å². The second-order valence-corrected chi connectivity index (χ2v) is 4.59. The van der Waals surface area contributed by atoms with Gasteiger partial charge in [0, 0.05) is 5.56 Å². The van der Waals surface area contributed by atoms with Crippen LogP contribution in [0.15, 0.2) is 72.8 Å². The van der Waals surface area contributed by atoms with E-state index in [-0.39, 0.29) is 0 Å². The maximum atomic E-state index is 5.12. The van der Waals surface area contributed by atoms with Crippen molar-refractivity contribution in [3.63, 3.8) is 0 Å². The van der Waals surface area contributed by atoms with Gasteiger partial charge >= 0.3 is 0 Å². The van der Waals surface area contributed by atoms with Crippen molar-refractivity contribution >= 4 is 6.08 Å². The third-order valence-electron chi connectivity index (χ3n) is 2.85. The molecule has 0 aliphatic rings. The van der Waals surface area contributed by atoms with E-state index in [0.29, 0.717) is 0 Å². The molecule has 1 aromatic heterocycles. The van der Waals surface area contributed by atoms with Crippen LogP contribution in [0.3, 0.4) is 0 Å². The minimum atomic E-state index is 0.944. The van der Waals surface area contributed by atoms with Crippen molar-refractivity contribution in [3.8, 4) is 23.6 Å². The first-order valence-corrected chi connectivity index (χ1v) is 7.80. The lowest BCUT2D eigenvalue weighted by molar-refractivity contribution is 1.26. The molecule has 0 atom stereocenters. The Labute approximate surface area is 140 Å². The fraction of sp³-hybridized carbons (Fsp3) is 0.136. The number of terminal acetylenes is 1. The van der Waals surface area contributed by atoms with E-state index >= 15 is 0 Å². The Bertz CT molecular complexity index is 713. The van der Waals surface area contributed by atoms with Crippen LogP contribution in [0.5, 0.6) is 0 Å². The van der Waals surface area contributed by atoms with Gasteiger partial charge in [0.15, 0.2) is 0 Å². The highest BCUT2D eigenvalue weighted by molar-refractivity contribution is 5.62. The lowest BCUT2D eigenvalue weighted by atomic mass is 10.1. The van der Waals surface area contributed by atoms with E-state index < -0.39 is 0 Å². The van der Waals surface area contributed by atoms with Crippen molar-refractivity contribution in [2.45, 2.75) is 20.8 Å². The van der Waals surface area contributed by atoms with Crippen molar-refractivity contribution < 1.29 is 0 Å².